The lowest BCUT2D eigenvalue weighted by Gasteiger charge is -2.26. The van der Waals surface area contributed by atoms with Crippen LogP contribution in [0, 0.1) is 0 Å². The largest absolute Gasteiger partial charge is 0.505 e. The van der Waals surface area contributed by atoms with Crippen LogP contribution in [-0.4, -0.2) is 35.1 Å². The van der Waals surface area contributed by atoms with Gasteiger partial charge in [0.2, 0.25) is 0 Å². The molecule has 0 saturated carbocycles. The second-order valence-electron chi connectivity index (χ2n) is 10.1. The number of halogens is 3. The number of carbonyl (C=O) groups is 2. The third kappa shape index (κ3) is 6.35. The number of nitrogens with one attached hydrogen (secondary N) is 2. The maximum atomic E-state index is 14.7. The average molecular weight is 543 g/mol. The Labute approximate surface area is 225 Å². The molecular weight excluding hydrogens is 509 g/mol. The number of Topliss-reactive ketones (excluding diaryl/α,β-unsaturated/α-hetero) is 1. The maximum Gasteiger partial charge on any atom is 0.399 e. The van der Waals surface area contributed by atoms with Crippen LogP contribution in [-0.2, 0) is 0 Å². The van der Waals surface area contributed by atoms with Gasteiger partial charge in [-0.15, -0.1) is 0 Å². The third-order valence-corrected chi connectivity index (χ3v) is 6.61. The number of alkyl halides is 3. The molecule has 0 aliphatic carbocycles. The first-order chi connectivity index (χ1) is 18.1. The summed E-state index contributed by atoms with van der Waals surface area (Å²) in [5.41, 5.74) is 0.699. The Kier molecular flexibility index (Phi) is 8.63. The Morgan fingerprint density at radius 1 is 0.795 bits per heavy atom. The van der Waals surface area contributed by atoms with Gasteiger partial charge in [-0.2, -0.15) is 13.2 Å². The van der Waals surface area contributed by atoms with Crippen LogP contribution in [0.25, 0.3) is 0 Å². The molecule has 9 heteroatoms. The zero-order valence-electron chi connectivity index (χ0n) is 22.7. The predicted octanol–water partition coefficient (Wildman–Crippen LogP) is 7.54. The minimum atomic E-state index is -4.74. The molecule has 0 aromatic heterocycles. The first-order valence-electron chi connectivity index (χ1n) is 12.6. The van der Waals surface area contributed by atoms with E-state index in [-0.39, 0.29) is 62.7 Å². The predicted molar refractivity (Wildman–Crippen MR) is 146 cm³/mol. The molecule has 1 atom stereocenters. The number of hydrogen-bond acceptors (Lipinski definition) is 5. The topological polar surface area (TPSA) is 98.7 Å². The normalized spacial score (nSPS) is 12.5. The van der Waals surface area contributed by atoms with Crippen LogP contribution in [0.3, 0.4) is 0 Å². The molecule has 208 valence electrons. The summed E-state index contributed by atoms with van der Waals surface area (Å²) in [6, 6.07) is 10.9. The molecule has 3 aromatic rings. The molecule has 0 fully saturated rings. The van der Waals surface area contributed by atoms with E-state index in [2.05, 4.69) is 10.6 Å². The van der Waals surface area contributed by atoms with Crippen molar-refractivity contribution in [1.29, 1.82) is 0 Å². The summed E-state index contributed by atoms with van der Waals surface area (Å²) in [5.74, 6) is -4.13. The zero-order valence-corrected chi connectivity index (χ0v) is 22.7. The fraction of sp³-hybridized carbons (Fsp3) is 0.333. The number of anilines is 2. The molecular formula is C30H33F3N2O4. The Morgan fingerprint density at radius 2 is 1.28 bits per heavy atom. The van der Waals surface area contributed by atoms with Gasteiger partial charge in [-0.25, -0.2) is 0 Å². The molecule has 0 heterocycles. The fourth-order valence-electron chi connectivity index (χ4n) is 4.50. The summed E-state index contributed by atoms with van der Waals surface area (Å²) in [5, 5.41) is 26.8. The number of ketones is 1. The second-order valence-corrected chi connectivity index (χ2v) is 10.1. The summed E-state index contributed by atoms with van der Waals surface area (Å²) in [6.45, 7) is 8.34. The van der Waals surface area contributed by atoms with Gasteiger partial charge in [0.25, 0.3) is 5.91 Å². The number of benzene rings is 3. The highest BCUT2D eigenvalue weighted by Gasteiger charge is 2.43. The van der Waals surface area contributed by atoms with Crippen LogP contribution < -0.4 is 10.6 Å². The molecule has 3 rings (SSSR count). The van der Waals surface area contributed by atoms with Crippen LogP contribution in [0.15, 0.2) is 48.5 Å². The van der Waals surface area contributed by atoms with Crippen LogP contribution in [0.2, 0.25) is 0 Å². The SMILES string of the molecule is CNc1cc(C(c2cc(NC(=O)c3cccc(C(C)=O)c3)c(O)c(C(C)C)c2)C(F)(F)F)cc(C(C)C)c1O. The molecule has 6 nitrogen and oxygen atoms in total. The molecule has 0 bridgehead atoms. The van der Waals surface area contributed by atoms with Gasteiger partial charge in [-0.05, 0) is 65.3 Å². The van der Waals surface area contributed by atoms with E-state index in [0.29, 0.717) is 11.1 Å². The van der Waals surface area contributed by atoms with E-state index >= 15 is 0 Å². The quantitative estimate of drug-likeness (QED) is 0.174. The molecule has 0 spiro atoms. The van der Waals surface area contributed by atoms with Crippen molar-refractivity contribution in [3.8, 4) is 11.5 Å². The highest BCUT2D eigenvalue weighted by atomic mass is 19.4. The number of hydrogen-bond donors (Lipinski definition) is 4. The molecule has 0 saturated heterocycles. The van der Waals surface area contributed by atoms with E-state index in [1.165, 1.54) is 50.4 Å². The zero-order chi connectivity index (χ0) is 29.2. The maximum absolute atomic E-state index is 14.7. The lowest BCUT2D eigenvalue weighted by Crippen LogP contribution is -2.23. The van der Waals surface area contributed by atoms with Crippen molar-refractivity contribution >= 4 is 23.1 Å². The van der Waals surface area contributed by atoms with Gasteiger partial charge in [0.1, 0.15) is 17.4 Å². The number of phenols is 2. The van der Waals surface area contributed by atoms with Gasteiger partial charge in [0.15, 0.2) is 5.78 Å². The van der Waals surface area contributed by atoms with Gasteiger partial charge in [-0.3, -0.25) is 9.59 Å². The van der Waals surface area contributed by atoms with Crippen molar-refractivity contribution in [2.24, 2.45) is 0 Å². The molecule has 1 amide bonds. The van der Waals surface area contributed by atoms with Gasteiger partial charge in [-0.1, -0.05) is 52.0 Å². The highest BCUT2D eigenvalue weighted by Crippen LogP contribution is 2.47. The van der Waals surface area contributed by atoms with E-state index in [1.807, 2.05) is 0 Å². The van der Waals surface area contributed by atoms with Crippen molar-refractivity contribution < 1.29 is 33.0 Å². The highest BCUT2D eigenvalue weighted by molar-refractivity contribution is 6.07. The van der Waals surface area contributed by atoms with Gasteiger partial charge in [0.05, 0.1) is 11.4 Å². The van der Waals surface area contributed by atoms with E-state index in [4.69, 9.17) is 0 Å². The minimum absolute atomic E-state index is 0.0971. The Bertz CT molecular complexity index is 1400. The molecule has 3 aromatic carbocycles. The average Bonchev–Trinajstić information content (AvgIpc) is 2.85. The van der Waals surface area contributed by atoms with Gasteiger partial charge >= 0.3 is 6.18 Å². The van der Waals surface area contributed by atoms with Gasteiger partial charge < -0.3 is 20.8 Å². The summed E-state index contributed by atoms with van der Waals surface area (Å²) in [6.07, 6.45) is -4.74. The Hall–Kier alpha value is -4.01. The fourth-order valence-corrected chi connectivity index (χ4v) is 4.50. The first-order valence-corrected chi connectivity index (χ1v) is 12.6. The third-order valence-electron chi connectivity index (χ3n) is 6.61. The van der Waals surface area contributed by atoms with Crippen molar-refractivity contribution in [2.75, 3.05) is 17.7 Å². The molecule has 4 N–H and O–H groups in total. The molecule has 39 heavy (non-hydrogen) atoms. The van der Waals surface area contributed by atoms with Crippen molar-refractivity contribution in [1.82, 2.24) is 0 Å². The number of carbonyl (C=O) groups excluding carboxylic acids is 2. The van der Waals surface area contributed by atoms with E-state index < -0.39 is 18.0 Å². The summed E-state index contributed by atoms with van der Waals surface area (Å²) >= 11 is 0. The summed E-state index contributed by atoms with van der Waals surface area (Å²) < 4.78 is 44.1. The van der Waals surface area contributed by atoms with E-state index in [9.17, 15) is 33.0 Å². The monoisotopic (exact) mass is 542 g/mol. The first kappa shape index (κ1) is 29.5. The molecule has 0 aliphatic rings. The van der Waals surface area contributed by atoms with Crippen LogP contribution in [0.1, 0.15) is 95.3 Å². The minimum Gasteiger partial charge on any atom is -0.505 e. The van der Waals surface area contributed by atoms with Crippen molar-refractivity contribution in [3.05, 3.63) is 81.9 Å². The van der Waals surface area contributed by atoms with Crippen LogP contribution >= 0.6 is 0 Å². The Morgan fingerprint density at radius 3 is 1.74 bits per heavy atom. The summed E-state index contributed by atoms with van der Waals surface area (Å²) in [7, 11) is 1.51. The molecule has 0 aliphatic heterocycles. The summed E-state index contributed by atoms with van der Waals surface area (Å²) in [4.78, 5) is 24.8. The number of amides is 1. The van der Waals surface area contributed by atoms with Crippen molar-refractivity contribution in [3.63, 3.8) is 0 Å². The number of phenolic OH excluding ortho intramolecular Hbond substituents is 2. The molecule has 1 unspecified atom stereocenters. The standard InChI is InChI=1S/C30H33F3N2O4/c1-15(2)22-11-20(13-24(34-6)27(22)37)26(30(31,32)33)21-12-23(16(3)4)28(38)25(14-21)35-29(39)19-9-7-8-18(10-19)17(5)36/h7-16,26,34,37-38H,1-6H3,(H,35,39). The van der Waals surface area contributed by atoms with Crippen LogP contribution in [0.5, 0.6) is 11.5 Å². The Balaban J connectivity index is 2.21. The smallest absolute Gasteiger partial charge is 0.399 e. The van der Waals surface area contributed by atoms with E-state index in [0.717, 1.165) is 6.07 Å². The molecule has 0 radical (unpaired) electrons. The lowest BCUT2D eigenvalue weighted by atomic mass is 9.85. The van der Waals surface area contributed by atoms with E-state index in [1.54, 1.807) is 33.8 Å². The number of rotatable bonds is 8. The van der Waals surface area contributed by atoms with Crippen molar-refractivity contribution in [2.45, 2.75) is 58.5 Å². The van der Waals surface area contributed by atoms with Gasteiger partial charge in [0, 0.05) is 18.2 Å². The number of aromatic hydroxyl groups is 2. The second kappa shape index (κ2) is 11.4. The van der Waals surface area contributed by atoms with Crippen LogP contribution in [0.4, 0.5) is 24.5 Å². The lowest BCUT2D eigenvalue weighted by molar-refractivity contribution is -0.141.